The largest absolute Gasteiger partial charge is 0.508 e. The molecule has 8 heteroatoms. The summed E-state index contributed by atoms with van der Waals surface area (Å²) in [4.78, 5) is 29.5. The number of allylic oxidation sites excluding steroid dienone is 2. The molecule has 7 nitrogen and oxygen atoms in total. The van der Waals surface area contributed by atoms with Crippen molar-refractivity contribution in [1.29, 1.82) is 0 Å². The Morgan fingerprint density at radius 3 is 2.41 bits per heavy atom. The predicted molar refractivity (Wildman–Crippen MR) is 184 cm³/mol. The topological polar surface area (TPSA) is 99.1 Å². The van der Waals surface area contributed by atoms with E-state index in [4.69, 9.17) is 4.65 Å². The van der Waals surface area contributed by atoms with Crippen molar-refractivity contribution in [2.75, 3.05) is 10.2 Å². The second-order valence-electron chi connectivity index (χ2n) is 12.8. The maximum absolute atomic E-state index is 14.2. The highest BCUT2D eigenvalue weighted by Gasteiger charge is 2.57. The molecule has 4 atom stereocenters. The van der Waals surface area contributed by atoms with Gasteiger partial charge in [-0.05, 0) is 104 Å². The van der Waals surface area contributed by atoms with Crippen molar-refractivity contribution >= 4 is 42.1 Å². The molecule has 0 aromatic heterocycles. The minimum Gasteiger partial charge on any atom is -0.508 e. The van der Waals surface area contributed by atoms with E-state index in [1.54, 1.807) is 12.1 Å². The second kappa shape index (κ2) is 14.1. The normalized spacial score (nSPS) is 23.1. The van der Waals surface area contributed by atoms with Gasteiger partial charge in [-0.3, -0.25) is 14.5 Å². The van der Waals surface area contributed by atoms with Gasteiger partial charge in [0, 0.05) is 11.4 Å². The van der Waals surface area contributed by atoms with Crippen LogP contribution in [0, 0.1) is 17.8 Å². The smallest absolute Gasteiger partial charge is 0.455 e. The summed E-state index contributed by atoms with van der Waals surface area (Å²) in [6.45, 7) is 4.29. The zero-order valence-corrected chi connectivity index (χ0v) is 26.7. The summed E-state index contributed by atoms with van der Waals surface area (Å²) in [5.74, 6) is -1.27. The number of hydrogen-bond donors (Lipinski definition) is 3. The lowest BCUT2D eigenvalue weighted by atomic mass is 9.58. The summed E-state index contributed by atoms with van der Waals surface area (Å²) in [5.41, 5.74) is 6.96. The summed E-state index contributed by atoms with van der Waals surface area (Å²) in [6.07, 6.45) is 7.81. The van der Waals surface area contributed by atoms with Crippen molar-refractivity contribution in [2.24, 2.45) is 17.8 Å². The highest BCUT2D eigenvalue weighted by atomic mass is 16.5. The van der Waals surface area contributed by atoms with E-state index in [1.165, 1.54) is 16.0 Å². The Bertz CT molecular complexity index is 1620. The Labute approximate surface area is 272 Å². The summed E-state index contributed by atoms with van der Waals surface area (Å²) in [6, 6.07) is 24.6. The minimum absolute atomic E-state index is 0.150. The molecule has 6 rings (SSSR count). The first-order valence-corrected chi connectivity index (χ1v) is 16.7. The molecule has 0 spiro atoms. The van der Waals surface area contributed by atoms with Gasteiger partial charge in [0.25, 0.3) is 0 Å². The Kier molecular flexibility index (Phi) is 9.76. The van der Waals surface area contributed by atoms with E-state index < -0.39 is 19.0 Å². The number of anilines is 3. The van der Waals surface area contributed by atoms with Crippen LogP contribution in [-0.4, -0.2) is 35.2 Å². The number of rotatable bonds is 11. The zero-order valence-electron chi connectivity index (χ0n) is 26.7. The van der Waals surface area contributed by atoms with Crippen molar-refractivity contribution < 1.29 is 24.4 Å². The van der Waals surface area contributed by atoms with Crippen molar-refractivity contribution in [3.63, 3.8) is 0 Å². The summed E-state index contributed by atoms with van der Waals surface area (Å²) in [7, 11) is -0.995. The molecule has 2 aliphatic heterocycles. The molecule has 0 bridgehead atoms. The third kappa shape index (κ3) is 6.69. The molecule has 46 heavy (non-hydrogen) atoms. The maximum Gasteiger partial charge on any atom is 0.455 e. The highest BCUT2D eigenvalue weighted by Crippen LogP contribution is 2.52. The molecule has 3 aliphatic rings. The number of imide groups is 1. The molecule has 2 amide bonds. The number of benzene rings is 3. The van der Waals surface area contributed by atoms with Gasteiger partial charge in [0.05, 0.1) is 23.6 Å². The average molecular weight is 619 g/mol. The Morgan fingerprint density at radius 1 is 0.935 bits per heavy atom. The van der Waals surface area contributed by atoms with Gasteiger partial charge in [-0.1, -0.05) is 74.2 Å². The monoisotopic (exact) mass is 618 g/mol. The number of amides is 2. The average Bonchev–Trinajstić information content (AvgIpc) is 3.29. The first kappa shape index (κ1) is 31.8. The molecule has 2 saturated heterocycles. The maximum atomic E-state index is 14.2. The number of hydrogen-bond acceptors (Lipinski definition) is 6. The van der Waals surface area contributed by atoms with Crippen LogP contribution in [-0.2, 0) is 14.2 Å². The molecule has 0 unspecified atom stereocenters. The van der Waals surface area contributed by atoms with Gasteiger partial charge in [-0.2, -0.15) is 0 Å². The Hall–Kier alpha value is -4.14. The number of nitrogens with one attached hydrogen (secondary N) is 1. The first-order chi connectivity index (χ1) is 22.4. The fourth-order valence-corrected chi connectivity index (χ4v) is 7.70. The lowest BCUT2D eigenvalue weighted by molar-refractivity contribution is -0.122. The molecule has 3 N–H and O–H groups in total. The van der Waals surface area contributed by atoms with Crippen LogP contribution >= 0.6 is 0 Å². The number of phenols is 1. The lowest BCUT2D eigenvalue weighted by Crippen LogP contribution is -2.46. The Balaban J connectivity index is 1.24. The van der Waals surface area contributed by atoms with Crippen molar-refractivity contribution in [2.45, 2.75) is 71.2 Å². The van der Waals surface area contributed by atoms with Gasteiger partial charge in [0.1, 0.15) is 5.75 Å². The molecular weight excluding hydrogens is 575 g/mol. The van der Waals surface area contributed by atoms with E-state index in [-0.39, 0.29) is 29.6 Å². The number of nitrogens with zero attached hydrogens (tertiary/aromatic N) is 1. The fourth-order valence-electron chi connectivity index (χ4n) is 7.70. The standard InChI is InChI=1S/C38H43BN2O5/c1-3-9-25(21-26-11-8-14-31(42)22-26)15-20-34-35-27(10-4-2)23-32-36(33(35)24-39(45)46-34)38(44)41(37(32)43)30-18-16-29(17-19-30)40-28-12-6-5-7-13-28/h5-8,11-14,16-19,21-22,32-34,36,40,42,45H,3-4,9-10,15,20,23-24H2,1-2H3/b25-21+/t32-,33+,34-,36-/m1/s1. The molecule has 3 aromatic rings. The second-order valence-corrected chi connectivity index (χ2v) is 12.8. The number of fused-ring (bicyclic) bond motifs is 3. The van der Waals surface area contributed by atoms with Gasteiger partial charge >= 0.3 is 7.12 Å². The van der Waals surface area contributed by atoms with Crippen LogP contribution in [0.4, 0.5) is 17.1 Å². The van der Waals surface area contributed by atoms with Crippen LogP contribution in [0.25, 0.3) is 6.08 Å². The van der Waals surface area contributed by atoms with Crippen molar-refractivity contribution in [3.8, 4) is 5.75 Å². The number of phenolic OH excluding ortho intramolecular Hbond substituents is 1. The van der Waals surface area contributed by atoms with Gasteiger partial charge in [0.2, 0.25) is 11.8 Å². The van der Waals surface area contributed by atoms with E-state index >= 15 is 0 Å². The van der Waals surface area contributed by atoms with Gasteiger partial charge in [0.15, 0.2) is 0 Å². The fraction of sp³-hybridized carbons (Fsp3) is 0.368. The van der Waals surface area contributed by atoms with Gasteiger partial charge < -0.3 is 20.1 Å². The summed E-state index contributed by atoms with van der Waals surface area (Å²) < 4.78 is 6.23. The van der Waals surface area contributed by atoms with E-state index in [9.17, 15) is 19.7 Å². The molecule has 2 fully saturated rings. The van der Waals surface area contributed by atoms with Crippen LogP contribution in [0.1, 0.15) is 64.4 Å². The van der Waals surface area contributed by atoms with Crippen molar-refractivity contribution in [3.05, 3.63) is 101 Å². The van der Waals surface area contributed by atoms with E-state index in [1.807, 2.05) is 66.7 Å². The quantitative estimate of drug-likeness (QED) is 0.115. The summed E-state index contributed by atoms with van der Waals surface area (Å²) in [5, 5.41) is 24.3. The third-order valence-corrected chi connectivity index (χ3v) is 9.59. The molecule has 0 saturated carbocycles. The van der Waals surface area contributed by atoms with Crippen LogP contribution in [0.3, 0.4) is 0 Å². The third-order valence-electron chi connectivity index (χ3n) is 9.59. The van der Waals surface area contributed by atoms with Crippen LogP contribution in [0.2, 0.25) is 6.32 Å². The predicted octanol–water partition coefficient (Wildman–Crippen LogP) is 7.90. The molecule has 1 aliphatic carbocycles. The zero-order chi connectivity index (χ0) is 32.2. The minimum atomic E-state index is -0.995. The van der Waals surface area contributed by atoms with Crippen LogP contribution in [0.5, 0.6) is 5.75 Å². The molecule has 3 aromatic carbocycles. The first-order valence-electron chi connectivity index (χ1n) is 16.7. The van der Waals surface area contributed by atoms with Gasteiger partial charge in [-0.25, -0.2) is 0 Å². The van der Waals surface area contributed by atoms with E-state index in [0.29, 0.717) is 24.8 Å². The molecule has 0 radical (unpaired) electrons. The number of para-hydroxylation sites is 1. The molecular formula is C38H43BN2O5. The van der Waals surface area contributed by atoms with E-state index in [2.05, 4.69) is 25.2 Å². The summed E-state index contributed by atoms with van der Waals surface area (Å²) >= 11 is 0. The lowest BCUT2D eigenvalue weighted by Gasteiger charge is -2.43. The molecule has 238 valence electrons. The Morgan fingerprint density at radius 2 is 1.70 bits per heavy atom. The number of carbonyl (C=O) groups is 2. The van der Waals surface area contributed by atoms with Gasteiger partial charge in [-0.15, -0.1) is 0 Å². The number of carbonyl (C=O) groups excluding carboxylic acids is 2. The molecule has 2 heterocycles. The SMILES string of the molecule is CCCC1=C2[C@@H](CC/C(=C/c3cccc(O)c3)CCC)OB(O)C[C@@H]2[C@@H]2C(=O)N(c3ccc(Nc4ccccc4)cc3)C(=O)[C@@H]2C1. The van der Waals surface area contributed by atoms with E-state index in [0.717, 1.165) is 54.6 Å². The van der Waals surface area contributed by atoms with Crippen molar-refractivity contribution in [1.82, 2.24) is 0 Å². The number of aromatic hydroxyl groups is 1. The highest BCUT2D eigenvalue weighted by molar-refractivity contribution is 6.43. The van der Waals surface area contributed by atoms with Crippen LogP contribution in [0.15, 0.2) is 95.6 Å². The van der Waals surface area contributed by atoms with Crippen LogP contribution < -0.4 is 10.2 Å².